The number of hydrogen-bond donors (Lipinski definition) is 4. The summed E-state index contributed by atoms with van der Waals surface area (Å²) in [4.78, 5) is 25.8. The zero-order valence-electron chi connectivity index (χ0n) is 19.8. The predicted molar refractivity (Wildman–Crippen MR) is 143 cm³/mol. The third kappa shape index (κ3) is 7.29. The van der Waals surface area contributed by atoms with Crippen LogP contribution >= 0.6 is 22.9 Å². The molecule has 0 aliphatic rings. The molecule has 0 saturated heterocycles. The lowest BCUT2D eigenvalue weighted by Gasteiger charge is -2.36. The minimum atomic E-state index is -1.60. The molecule has 0 saturated carbocycles. The van der Waals surface area contributed by atoms with Gasteiger partial charge in [0.15, 0.2) is 5.54 Å². The van der Waals surface area contributed by atoms with Crippen molar-refractivity contribution in [3.63, 3.8) is 0 Å². The van der Waals surface area contributed by atoms with Crippen LogP contribution in [0.1, 0.15) is 41.7 Å². The number of hydrogen-bond acceptors (Lipinski definition) is 6. The van der Waals surface area contributed by atoms with Crippen LogP contribution in [0, 0.1) is 11.8 Å². The van der Waals surface area contributed by atoms with Crippen molar-refractivity contribution in [2.45, 2.75) is 25.0 Å². The van der Waals surface area contributed by atoms with Crippen molar-refractivity contribution >= 4 is 40.4 Å². The average molecular weight is 591 g/mol. The fourth-order valence-electron chi connectivity index (χ4n) is 3.12. The number of carbonyl (C=O) groups is 2. The number of likely N-dealkylation sites (N-methyl/N-ethyl adjacent to an activating group) is 1. The second kappa shape index (κ2) is 13.3. The Morgan fingerprint density at radius 2 is 1.71 bits per heavy atom. The van der Waals surface area contributed by atoms with Gasteiger partial charge < -0.3 is 25.6 Å². The topological polar surface area (TPSA) is 125 Å². The van der Waals surface area contributed by atoms with Crippen LogP contribution in [0.5, 0.6) is 0 Å². The summed E-state index contributed by atoms with van der Waals surface area (Å²) < 4.78 is 7.76. The number of nitrogens with two attached hydrogens (primary N) is 1. The first kappa shape index (κ1) is 28.3. The van der Waals surface area contributed by atoms with Crippen molar-refractivity contribution in [3.05, 3.63) is 77.4 Å². The van der Waals surface area contributed by atoms with E-state index in [-0.39, 0.29) is 13.2 Å². The van der Waals surface area contributed by atoms with Crippen LogP contribution < -0.4 is 9.26 Å². The standard InChI is InChI=1S/C26H30IN3O5/c1-18(30(3)26(2,24(28)33)25(34)29-27)21-11-7-19(8-12-21)5-6-20-9-13-22(14-10-20)23(32)17-35-16-4-15-31/h7-14,23,31-32H,1,4,15-17H2,2-3H3,(H2,28,33)(H,29,34)/t23-,26-/m1/s1. The molecule has 0 bridgehead atoms. The average Bonchev–Trinajstić information content (AvgIpc) is 2.88. The maximum atomic E-state index is 12.3. The molecular weight excluding hydrogens is 561 g/mol. The number of amides is 2. The Labute approximate surface area is 219 Å². The van der Waals surface area contributed by atoms with E-state index in [1.165, 1.54) is 11.8 Å². The molecule has 0 fully saturated rings. The van der Waals surface area contributed by atoms with Gasteiger partial charge in [-0.25, -0.2) is 0 Å². The van der Waals surface area contributed by atoms with Crippen LogP contribution in [0.2, 0.25) is 0 Å². The van der Waals surface area contributed by atoms with E-state index in [0.29, 0.717) is 24.3 Å². The molecule has 2 atom stereocenters. The number of benzene rings is 2. The fourth-order valence-corrected chi connectivity index (χ4v) is 3.65. The molecule has 186 valence electrons. The highest BCUT2D eigenvalue weighted by Crippen LogP contribution is 2.25. The molecule has 0 heterocycles. The van der Waals surface area contributed by atoms with Crippen molar-refractivity contribution < 1.29 is 24.5 Å². The first-order valence-electron chi connectivity index (χ1n) is 10.9. The quantitative estimate of drug-likeness (QED) is 0.104. The van der Waals surface area contributed by atoms with Crippen molar-refractivity contribution in [1.82, 2.24) is 8.43 Å². The smallest absolute Gasteiger partial charge is 0.264 e. The summed E-state index contributed by atoms with van der Waals surface area (Å²) in [5.74, 6) is 4.84. The lowest BCUT2D eigenvalue weighted by Crippen LogP contribution is -2.60. The van der Waals surface area contributed by atoms with E-state index >= 15 is 0 Å². The summed E-state index contributed by atoms with van der Waals surface area (Å²) in [5, 5.41) is 18.9. The van der Waals surface area contributed by atoms with Gasteiger partial charge in [-0.1, -0.05) is 42.7 Å². The van der Waals surface area contributed by atoms with Gasteiger partial charge >= 0.3 is 0 Å². The van der Waals surface area contributed by atoms with Crippen LogP contribution in [-0.2, 0) is 14.3 Å². The highest BCUT2D eigenvalue weighted by Gasteiger charge is 2.44. The Hall–Kier alpha value is -2.91. The lowest BCUT2D eigenvalue weighted by atomic mass is 9.96. The van der Waals surface area contributed by atoms with Crippen molar-refractivity contribution in [2.75, 3.05) is 26.9 Å². The normalized spacial score (nSPS) is 13.1. The van der Waals surface area contributed by atoms with Crippen molar-refractivity contribution in [2.24, 2.45) is 5.73 Å². The minimum Gasteiger partial charge on any atom is -0.396 e. The molecule has 2 rings (SSSR count). The maximum Gasteiger partial charge on any atom is 0.264 e. The molecule has 2 aromatic carbocycles. The molecule has 8 nitrogen and oxygen atoms in total. The highest BCUT2D eigenvalue weighted by atomic mass is 127. The molecule has 2 aromatic rings. The summed E-state index contributed by atoms with van der Waals surface area (Å²) in [6, 6.07) is 14.5. The van der Waals surface area contributed by atoms with Crippen LogP contribution in [0.15, 0.2) is 55.1 Å². The summed E-state index contributed by atoms with van der Waals surface area (Å²) in [7, 11) is 1.59. The van der Waals surface area contributed by atoms with Crippen LogP contribution in [0.4, 0.5) is 0 Å². The molecule has 2 amide bonds. The number of carbonyl (C=O) groups excluding carboxylic acids is 2. The summed E-state index contributed by atoms with van der Waals surface area (Å²) in [6.07, 6.45) is -0.205. The van der Waals surface area contributed by atoms with Gasteiger partial charge in [0.1, 0.15) is 6.10 Å². The highest BCUT2D eigenvalue weighted by molar-refractivity contribution is 14.1. The van der Waals surface area contributed by atoms with Gasteiger partial charge in [-0.05, 0) is 48.7 Å². The van der Waals surface area contributed by atoms with Crippen LogP contribution in [0.25, 0.3) is 5.70 Å². The number of aliphatic hydroxyl groups is 2. The van der Waals surface area contributed by atoms with Gasteiger partial charge in [-0.2, -0.15) is 0 Å². The number of primary amides is 1. The Morgan fingerprint density at radius 3 is 2.20 bits per heavy atom. The summed E-state index contributed by atoms with van der Waals surface area (Å²) >= 11 is 1.67. The Balaban J connectivity index is 2.07. The molecule has 0 radical (unpaired) electrons. The molecule has 0 unspecified atom stereocenters. The van der Waals surface area contributed by atoms with Gasteiger partial charge in [0.2, 0.25) is 0 Å². The SMILES string of the molecule is C=C(c1ccc(C#Cc2ccc([C@H](O)COCCCO)cc2)cc1)N(C)[C@](C)(C(N)=O)C(=O)NI. The Kier molecular flexibility index (Phi) is 10.7. The third-order valence-corrected chi connectivity index (χ3v) is 6.16. The van der Waals surface area contributed by atoms with E-state index in [9.17, 15) is 14.7 Å². The number of nitrogens with one attached hydrogen (secondary N) is 1. The van der Waals surface area contributed by atoms with Gasteiger partial charge in [-0.15, -0.1) is 0 Å². The van der Waals surface area contributed by atoms with E-state index in [2.05, 4.69) is 21.9 Å². The number of halogens is 1. The monoisotopic (exact) mass is 591 g/mol. The molecule has 9 heteroatoms. The third-order valence-electron chi connectivity index (χ3n) is 5.67. The van der Waals surface area contributed by atoms with Gasteiger partial charge in [0.25, 0.3) is 11.8 Å². The fraction of sp³-hybridized carbons (Fsp3) is 0.308. The molecule has 35 heavy (non-hydrogen) atoms. The number of aliphatic hydroxyl groups excluding tert-OH is 2. The van der Waals surface area contributed by atoms with E-state index < -0.39 is 23.5 Å². The maximum absolute atomic E-state index is 12.3. The van der Waals surface area contributed by atoms with Gasteiger partial charge in [0, 0.05) is 37.1 Å². The molecule has 0 spiro atoms. The summed E-state index contributed by atoms with van der Waals surface area (Å²) in [6.45, 7) is 6.10. The lowest BCUT2D eigenvalue weighted by molar-refractivity contribution is -0.138. The largest absolute Gasteiger partial charge is 0.396 e. The van der Waals surface area contributed by atoms with E-state index in [0.717, 1.165) is 16.7 Å². The Bertz CT molecular complexity index is 1090. The predicted octanol–water partition coefficient (Wildman–Crippen LogP) is 2.13. The van der Waals surface area contributed by atoms with Gasteiger partial charge in [0.05, 0.1) is 29.5 Å². The molecule has 0 aliphatic carbocycles. The van der Waals surface area contributed by atoms with Crippen molar-refractivity contribution in [3.8, 4) is 11.8 Å². The number of ether oxygens (including phenoxy) is 1. The van der Waals surface area contributed by atoms with E-state index in [1.54, 1.807) is 42.0 Å². The van der Waals surface area contributed by atoms with Gasteiger partial charge in [-0.3, -0.25) is 13.1 Å². The molecular formula is C26H30IN3O5. The molecule has 0 aliphatic heterocycles. The first-order chi connectivity index (χ1) is 16.6. The van der Waals surface area contributed by atoms with Crippen molar-refractivity contribution in [1.29, 1.82) is 0 Å². The van der Waals surface area contributed by atoms with E-state index in [4.69, 9.17) is 15.6 Å². The van der Waals surface area contributed by atoms with E-state index in [1.807, 2.05) is 36.4 Å². The zero-order chi connectivity index (χ0) is 26.0. The zero-order valence-corrected chi connectivity index (χ0v) is 21.9. The first-order valence-corrected chi connectivity index (χ1v) is 12.0. The van der Waals surface area contributed by atoms with Crippen LogP contribution in [0.3, 0.4) is 0 Å². The second-order valence-electron chi connectivity index (χ2n) is 7.98. The minimum absolute atomic E-state index is 0.0597. The number of nitrogens with zero attached hydrogens (tertiary/aromatic N) is 1. The van der Waals surface area contributed by atoms with Crippen LogP contribution in [-0.4, -0.2) is 59.3 Å². The molecule has 0 aromatic heterocycles. The number of rotatable bonds is 11. The Morgan fingerprint density at radius 1 is 1.17 bits per heavy atom. The summed E-state index contributed by atoms with van der Waals surface area (Å²) in [5.41, 5.74) is 7.37. The molecule has 5 N–H and O–H groups in total. The second-order valence-corrected chi connectivity index (χ2v) is 8.52.